The van der Waals surface area contributed by atoms with Crippen molar-refractivity contribution in [2.75, 3.05) is 52.6 Å². The van der Waals surface area contributed by atoms with Crippen LogP contribution in [0.2, 0.25) is 0 Å². The van der Waals surface area contributed by atoms with Crippen molar-refractivity contribution in [2.45, 2.75) is 108 Å². The maximum atomic E-state index is 12.3. The number of carboxylic acids is 1. The average Bonchev–Trinajstić information content (AvgIpc) is 0.831. The second-order valence-corrected chi connectivity index (χ2v) is 30.9. The number of pyridine rings is 5. The van der Waals surface area contributed by atoms with Gasteiger partial charge in [-0.1, -0.05) is 11.6 Å². The molecular formula is C75H85Br2ClN6O14S5. The number of thioether (sulfide) groups is 5. The molecule has 5 aromatic carbocycles. The molecule has 0 aliphatic carbocycles. The Kier molecular flexibility index (Phi) is 34.5. The number of rotatable bonds is 18. The second kappa shape index (κ2) is 41.3. The number of carbonyl (C=O) groups is 5. The first-order valence-corrected chi connectivity index (χ1v) is 39.8. The van der Waals surface area contributed by atoms with Gasteiger partial charge in [-0.05, 0) is 275 Å². The van der Waals surface area contributed by atoms with Crippen molar-refractivity contribution < 1.29 is 67.3 Å². The number of methoxy groups -OCH3 is 3. The highest BCUT2D eigenvalue weighted by molar-refractivity contribution is 9.10. The number of nitrogens with zero attached hydrogens (tertiary/aromatic N) is 5. The summed E-state index contributed by atoms with van der Waals surface area (Å²) >= 11 is 18.5. The molecule has 10 rings (SSSR count). The van der Waals surface area contributed by atoms with E-state index in [1.54, 1.807) is 49.5 Å². The third kappa shape index (κ3) is 26.6. The van der Waals surface area contributed by atoms with Gasteiger partial charge in [0.05, 0.1) is 48.9 Å². The van der Waals surface area contributed by atoms with Crippen LogP contribution in [0, 0.1) is 55.4 Å². The van der Waals surface area contributed by atoms with Crippen molar-refractivity contribution in [3.8, 4) is 28.7 Å². The first-order valence-electron chi connectivity index (χ1n) is 31.3. The lowest BCUT2D eigenvalue weighted by atomic mass is 10.1. The van der Waals surface area contributed by atoms with E-state index in [4.69, 9.17) is 45.1 Å². The van der Waals surface area contributed by atoms with Crippen LogP contribution in [0.15, 0.2) is 131 Å². The Hall–Kier alpha value is -7.50. The van der Waals surface area contributed by atoms with Crippen molar-refractivity contribution in [1.82, 2.24) is 30.2 Å². The van der Waals surface area contributed by atoms with Gasteiger partial charge in [0.1, 0.15) is 28.7 Å². The Balaban J connectivity index is 0.000000227. The normalized spacial score (nSPS) is 12.3. The van der Waals surface area contributed by atoms with Gasteiger partial charge in [-0.2, -0.15) is 0 Å². The number of carbonyl (C=O) groups excluding carboxylic acids is 4. The minimum Gasteiger partial charge on any atom is -0.508 e. The van der Waals surface area contributed by atoms with E-state index in [0.717, 1.165) is 120 Å². The van der Waals surface area contributed by atoms with E-state index in [2.05, 4.69) is 79.0 Å². The molecule has 550 valence electrons. The number of carboxylic acid groups (broad SMARTS) is 1. The minimum absolute atomic E-state index is 0.120. The number of amides is 1. The van der Waals surface area contributed by atoms with Crippen molar-refractivity contribution in [3.63, 3.8) is 0 Å². The molecule has 5 unspecified atom stereocenters. The number of hydrogen-bond acceptors (Lipinski definition) is 23. The van der Waals surface area contributed by atoms with Gasteiger partial charge >= 0.3 is 23.9 Å². The highest BCUT2D eigenvalue weighted by Crippen LogP contribution is 2.32. The smallest absolute Gasteiger partial charge is 0.357 e. The van der Waals surface area contributed by atoms with E-state index in [-0.39, 0.29) is 23.2 Å². The molecule has 5 heterocycles. The molecule has 0 radical (unpaired) electrons. The summed E-state index contributed by atoms with van der Waals surface area (Å²) in [5.74, 6) is 0.513. The standard InChI is InChI=1S/C18H24N2O2S.C15H17NO3S.C14H14BrNO3S.C14H15NO3S.C10H8BrNO.C4H7ClO2S/c1-11-7-13-9-14(8-12(2)15(13)19-10-11)22-17(23-6)16(21)20-18(3,4)5;1-9-5-11-7-12(6-10(2)13(11)16-8-9)19-15(20-4)14(17)18-3;1-8-4-11(19-14(20-3)13(17)18-2)6-9-5-10(15)7-16-12(8)9;1-8-4-10-6-11(18-14(19-3)13(16)17)5-9(2)12(10)15-7-8;1-6-2-9(13)4-7-3-8(11)5-12-10(6)7;1-7-4(6)3(5)8-2/h7-10,17H,1-6H3,(H,20,21);5-8,15H,1-4H3;4-7,14H,1-3H3;4-7,14H,1-3H3,(H,16,17);2-5,13H,1H3;3H,1-2H3. The van der Waals surface area contributed by atoms with Gasteiger partial charge in [-0.25, -0.2) is 19.2 Å². The van der Waals surface area contributed by atoms with Crippen molar-refractivity contribution >= 4 is 187 Å². The minimum atomic E-state index is -0.979. The van der Waals surface area contributed by atoms with E-state index < -0.39 is 44.4 Å². The molecule has 28 heteroatoms. The van der Waals surface area contributed by atoms with Crippen LogP contribution in [-0.4, -0.2) is 150 Å². The summed E-state index contributed by atoms with van der Waals surface area (Å²) in [4.78, 5) is 78.7. The molecule has 1 amide bonds. The lowest BCUT2D eigenvalue weighted by Gasteiger charge is -2.24. The van der Waals surface area contributed by atoms with Crippen LogP contribution in [0.5, 0.6) is 28.7 Å². The molecule has 20 nitrogen and oxygen atoms in total. The van der Waals surface area contributed by atoms with E-state index in [9.17, 15) is 29.1 Å². The summed E-state index contributed by atoms with van der Waals surface area (Å²) in [7, 11) is 4.02. The van der Waals surface area contributed by atoms with E-state index in [0.29, 0.717) is 23.0 Å². The Morgan fingerprint density at radius 1 is 0.417 bits per heavy atom. The number of ether oxygens (including phenoxy) is 7. The lowest BCUT2D eigenvalue weighted by Crippen LogP contribution is -2.46. The first kappa shape index (κ1) is 86.1. The summed E-state index contributed by atoms with van der Waals surface area (Å²) < 4.78 is 37.8. The molecule has 0 saturated carbocycles. The van der Waals surface area contributed by atoms with Crippen LogP contribution in [0.25, 0.3) is 54.5 Å². The quantitative estimate of drug-likeness (QED) is 0.0312. The van der Waals surface area contributed by atoms with Gasteiger partial charge in [0, 0.05) is 72.4 Å². The van der Waals surface area contributed by atoms with E-state index >= 15 is 0 Å². The van der Waals surface area contributed by atoms with Crippen molar-refractivity contribution in [1.29, 1.82) is 0 Å². The fraction of sp³-hybridized carbons (Fsp3) is 0.333. The molecule has 0 saturated heterocycles. The molecule has 3 N–H and O–H groups in total. The molecule has 0 bridgehead atoms. The second-order valence-electron chi connectivity index (χ2n) is 23.9. The Labute approximate surface area is 644 Å². The number of esters is 3. The number of nitrogens with one attached hydrogen (secondary N) is 1. The highest BCUT2D eigenvalue weighted by atomic mass is 79.9. The SMILES string of the molecule is COC(=O)C(Cl)SC.COC(=O)C(Oc1cc(C)c2ncc(Br)cc2c1)SC.COC(=O)C(Oc1cc(C)c2ncc(C)cc2c1)SC.CSC(Oc1cc(C)c2ncc(C)cc2c1)C(=O)NC(C)(C)C.CSC(Oc1cc(C)c2ncc(C)cc2c1)C(=O)O.Cc1cc(O)cc2cc(Br)cnc12. The molecule has 0 spiro atoms. The molecule has 10 aromatic rings. The Morgan fingerprint density at radius 2 is 0.709 bits per heavy atom. The van der Waals surface area contributed by atoms with Crippen LogP contribution in [0.3, 0.4) is 0 Å². The predicted octanol–water partition coefficient (Wildman–Crippen LogP) is 17.6. The van der Waals surface area contributed by atoms with Gasteiger partial charge in [0.25, 0.3) is 5.91 Å². The summed E-state index contributed by atoms with van der Waals surface area (Å²) in [6.07, 6.45) is 18.0. The maximum Gasteiger partial charge on any atom is 0.357 e. The van der Waals surface area contributed by atoms with Crippen LogP contribution >= 0.6 is 102 Å². The Morgan fingerprint density at radius 3 is 1.00 bits per heavy atom. The van der Waals surface area contributed by atoms with Gasteiger partial charge in [-0.15, -0.1) is 58.8 Å². The number of alkyl halides is 1. The fourth-order valence-electron chi connectivity index (χ4n) is 9.65. The van der Waals surface area contributed by atoms with Crippen molar-refractivity contribution in [2.24, 2.45) is 0 Å². The number of aryl methyl sites for hydroxylation is 8. The van der Waals surface area contributed by atoms with Crippen LogP contribution < -0.4 is 24.3 Å². The maximum absolute atomic E-state index is 12.3. The zero-order valence-electron chi connectivity index (χ0n) is 60.6. The monoisotopic (exact) mass is 1650 g/mol. The molecule has 103 heavy (non-hydrogen) atoms. The summed E-state index contributed by atoms with van der Waals surface area (Å²) in [5, 5.41) is 26.2. The molecule has 5 atom stereocenters. The van der Waals surface area contributed by atoms with E-state index in [1.165, 1.54) is 68.4 Å². The topological polar surface area (TPSA) is 267 Å². The first-order chi connectivity index (χ1) is 48.7. The number of fused-ring (bicyclic) bond motifs is 5. The molecular weight excluding hydrogens is 1560 g/mol. The van der Waals surface area contributed by atoms with E-state index in [1.807, 2.05) is 168 Å². The zero-order chi connectivity index (χ0) is 76.6. The van der Waals surface area contributed by atoms with Gasteiger partial charge in [0.15, 0.2) is 4.71 Å². The molecule has 0 aliphatic heterocycles. The van der Waals surface area contributed by atoms with Crippen molar-refractivity contribution in [3.05, 3.63) is 175 Å². The number of benzene rings is 5. The highest BCUT2D eigenvalue weighted by Gasteiger charge is 2.26. The van der Waals surface area contributed by atoms with Gasteiger partial charge in [-0.3, -0.25) is 29.7 Å². The number of hydrogen-bond donors (Lipinski definition) is 3. The van der Waals surface area contributed by atoms with Crippen LogP contribution in [-0.2, 0) is 38.2 Å². The molecule has 0 fully saturated rings. The predicted molar refractivity (Wildman–Crippen MR) is 430 cm³/mol. The third-order valence-corrected chi connectivity index (χ3v) is 19.3. The number of aliphatic carboxylic acids is 1. The number of halogens is 3. The van der Waals surface area contributed by atoms with Crippen LogP contribution in [0.4, 0.5) is 0 Å². The van der Waals surface area contributed by atoms with Gasteiger partial charge < -0.3 is 48.7 Å². The largest absolute Gasteiger partial charge is 0.508 e. The van der Waals surface area contributed by atoms with Crippen LogP contribution in [0.1, 0.15) is 65.3 Å². The summed E-state index contributed by atoms with van der Waals surface area (Å²) in [5.41, 5.74) is 9.83. The number of aromatic hydroxyl groups is 1. The summed E-state index contributed by atoms with van der Waals surface area (Å²) in [6.45, 7) is 21.6. The number of phenols is 1. The molecule has 5 aromatic heterocycles. The average molecular weight is 1650 g/mol. The van der Waals surface area contributed by atoms with Gasteiger partial charge in [0.2, 0.25) is 21.7 Å². The summed E-state index contributed by atoms with van der Waals surface area (Å²) in [6, 6.07) is 28.5. The number of aromatic nitrogens is 5. The fourth-order valence-corrected chi connectivity index (χ4v) is 12.6. The number of phenolic OH excluding ortho intramolecular Hbond substituents is 1. The third-order valence-electron chi connectivity index (χ3n) is 14.2. The lowest BCUT2D eigenvalue weighted by molar-refractivity contribution is -0.145. The molecule has 0 aliphatic rings. The zero-order valence-corrected chi connectivity index (χ0v) is 68.6. The Bertz CT molecular complexity index is 4500.